The molecule has 0 aliphatic heterocycles. The van der Waals surface area contributed by atoms with Crippen molar-refractivity contribution in [2.75, 3.05) is 12.4 Å². The van der Waals surface area contributed by atoms with Crippen molar-refractivity contribution in [3.05, 3.63) is 54.1 Å². The highest BCUT2D eigenvalue weighted by molar-refractivity contribution is 7.87. The SMILES string of the molecule is CNc1ccc(OS(=O)(=O)c2ccc(C)cc2)cc1. The summed E-state index contributed by atoms with van der Waals surface area (Å²) in [6.07, 6.45) is 0. The van der Waals surface area contributed by atoms with Gasteiger partial charge in [-0.3, -0.25) is 0 Å². The molecule has 5 heteroatoms. The van der Waals surface area contributed by atoms with E-state index in [1.54, 1.807) is 43.4 Å². The minimum atomic E-state index is -3.77. The molecule has 0 amide bonds. The van der Waals surface area contributed by atoms with Gasteiger partial charge in [0.2, 0.25) is 0 Å². The van der Waals surface area contributed by atoms with Crippen LogP contribution in [0.1, 0.15) is 5.56 Å². The average Bonchev–Trinajstić information content (AvgIpc) is 2.40. The van der Waals surface area contributed by atoms with Crippen LogP contribution in [0.4, 0.5) is 5.69 Å². The summed E-state index contributed by atoms with van der Waals surface area (Å²) in [4.78, 5) is 0.149. The van der Waals surface area contributed by atoms with E-state index in [1.165, 1.54) is 12.1 Å². The lowest BCUT2D eigenvalue weighted by Crippen LogP contribution is -2.09. The lowest BCUT2D eigenvalue weighted by Gasteiger charge is -2.08. The monoisotopic (exact) mass is 277 g/mol. The molecule has 0 aliphatic carbocycles. The molecule has 19 heavy (non-hydrogen) atoms. The minimum Gasteiger partial charge on any atom is -0.388 e. The first-order valence-electron chi connectivity index (χ1n) is 5.80. The van der Waals surface area contributed by atoms with Crippen molar-refractivity contribution < 1.29 is 12.6 Å². The molecule has 0 atom stereocenters. The fraction of sp³-hybridized carbons (Fsp3) is 0.143. The second-order valence-corrected chi connectivity index (χ2v) is 5.67. The van der Waals surface area contributed by atoms with Gasteiger partial charge in [-0.05, 0) is 43.3 Å². The molecule has 100 valence electrons. The van der Waals surface area contributed by atoms with Crippen molar-refractivity contribution in [1.29, 1.82) is 0 Å². The fourth-order valence-electron chi connectivity index (χ4n) is 1.56. The van der Waals surface area contributed by atoms with Gasteiger partial charge >= 0.3 is 10.1 Å². The number of aryl methyl sites for hydroxylation is 1. The van der Waals surface area contributed by atoms with Crippen molar-refractivity contribution in [2.45, 2.75) is 11.8 Å². The third kappa shape index (κ3) is 3.26. The molecule has 4 nitrogen and oxygen atoms in total. The smallest absolute Gasteiger partial charge is 0.339 e. The van der Waals surface area contributed by atoms with E-state index in [-0.39, 0.29) is 4.90 Å². The molecule has 0 aromatic heterocycles. The molecule has 2 rings (SSSR count). The van der Waals surface area contributed by atoms with Crippen LogP contribution in [0.5, 0.6) is 5.75 Å². The molecule has 0 fully saturated rings. The summed E-state index contributed by atoms with van der Waals surface area (Å²) in [5.41, 5.74) is 1.89. The van der Waals surface area contributed by atoms with E-state index in [1.807, 2.05) is 6.92 Å². The Morgan fingerprint density at radius 2 is 1.53 bits per heavy atom. The van der Waals surface area contributed by atoms with Crippen LogP contribution in [-0.2, 0) is 10.1 Å². The molecule has 0 saturated carbocycles. The number of anilines is 1. The molecule has 0 bridgehead atoms. The molecule has 2 aromatic carbocycles. The first-order chi connectivity index (χ1) is 9.01. The third-order valence-corrected chi connectivity index (χ3v) is 3.92. The van der Waals surface area contributed by atoms with Gasteiger partial charge in [0.1, 0.15) is 10.6 Å². The predicted molar refractivity (Wildman–Crippen MR) is 75.0 cm³/mol. The van der Waals surface area contributed by atoms with Gasteiger partial charge in [-0.2, -0.15) is 8.42 Å². The lowest BCUT2D eigenvalue weighted by atomic mass is 10.2. The van der Waals surface area contributed by atoms with E-state index in [0.29, 0.717) is 5.75 Å². The van der Waals surface area contributed by atoms with Gasteiger partial charge in [0.25, 0.3) is 0 Å². The first kappa shape index (κ1) is 13.4. The van der Waals surface area contributed by atoms with Crippen LogP contribution >= 0.6 is 0 Å². The third-order valence-electron chi connectivity index (χ3n) is 2.66. The molecule has 0 aliphatic rings. The Kier molecular flexibility index (Phi) is 3.76. The minimum absolute atomic E-state index is 0.149. The van der Waals surface area contributed by atoms with Crippen LogP contribution in [0, 0.1) is 6.92 Å². The number of rotatable bonds is 4. The summed E-state index contributed by atoms with van der Waals surface area (Å²) in [5, 5.41) is 2.95. The fourth-order valence-corrected chi connectivity index (χ4v) is 2.49. The molecular weight excluding hydrogens is 262 g/mol. The quantitative estimate of drug-likeness (QED) is 0.873. The van der Waals surface area contributed by atoms with Crippen molar-refractivity contribution in [3.8, 4) is 5.75 Å². The van der Waals surface area contributed by atoms with Crippen molar-refractivity contribution in [1.82, 2.24) is 0 Å². The standard InChI is InChI=1S/C14H15NO3S/c1-11-3-9-14(10-4-11)19(16,17)18-13-7-5-12(15-2)6-8-13/h3-10,15H,1-2H3. The van der Waals surface area contributed by atoms with Crippen LogP contribution in [0.25, 0.3) is 0 Å². The van der Waals surface area contributed by atoms with Crippen molar-refractivity contribution in [3.63, 3.8) is 0 Å². The molecule has 0 heterocycles. The summed E-state index contributed by atoms with van der Waals surface area (Å²) in [6.45, 7) is 1.90. The molecule has 0 radical (unpaired) electrons. The number of hydrogen-bond donors (Lipinski definition) is 1. The molecule has 0 saturated heterocycles. The van der Waals surface area contributed by atoms with Gasteiger partial charge in [-0.25, -0.2) is 0 Å². The highest BCUT2D eigenvalue weighted by atomic mass is 32.2. The van der Waals surface area contributed by atoms with E-state index >= 15 is 0 Å². The Balaban J connectivity index is 2.23. The Morgan fingerprint density at radius 3 is 2.05 bits per heavy atom. The van der Waals surface area contributed by atoms with Crippen LogP contribution in [0.2, 0.25) is 0 Å². The zero-order valence-corrected chi connectivity index (χ0v) is 11.6. The number of nitrogens with one attached hydrogen (secondary N) is 1. The maximum atomic E-state index is 12.0. The Morgan fingerprint density at radius 1 is 0.947 bits per heavy atom. The highest BCUT2D eigenvalue weighted by Gasteiger charge is 2.16. The van der Waals surface area contributed by atoms with Crippen molar-refractivity contribution in [2.24, 2.45) is 0 Å². The molecule has 1 N–H and O–H groups in total. The van der Waals surface area contributed by atoms with Gasteiger partial charge in [0, 0.05) is 12.7 Å². The second kappa shape index (κ2) is 5.32. The molecule has 0 unspecified atom stereocenters. The zero-order valence-electron chi connectivity index (χ0n) is 10.8. The summed E-state index contributed by atoms with van der Waals surface area (Å²) in [5.74, 6) is 0.291. The van der Waals surface area contributed by atoms with Gasteiger partial charge in [0.15, 0.2) is 0 Å². The van der Waals surface area contributed by atoms with Crippen LogP contribution in [0.15, 0.2) is 53.4 Å². The van der Waals surface area contributed by atoms with Gasteiger partial charge in [0.05, 0.1) is 0 Å². The van der Waals surface area contributed by atoms with Crippen molar-refractivity contribution >= 4 is 15.8 Å². The number of hydrogen-bond acceptors (Lipinski definition) is 4. The molecular formula is C14H15NO3S. The average molecular weight is 277 g/mol. The summed E-state index contributed by atoms with van der Waals surface area (Å²) in [6, 6.07) is 13.3. The highest BCUT2D eigenvalue weighted by Crippen LogP contribution is 2.20. The molecule has 0 spiro atoms. The second-order valence-electron chi connectivity index (χ2n) is 4.12. The zero-order chi connectivity index (χ0) is 13.9. The van der Waals surface area contributed by atoms with E-state index in [0.717, 1.165) is 11.3 Å². The topological polar surface area (TPSA) is 55.4 Å². The van der Waals surface area contributed by atoms with Gasteiger partial charge < -0.3 is 9.50 Å². The van der Waals surface area contributed by atoms with E-state index < -0.39 is 10.1 Å². The van der Waals surface area contributed by atoms with Crippen LogP contribution in [-0.4, -0.2) is 15.5 Å². The Hall–Kier alpha value is -2.01. The van der Waals surface area contributed by atoms with E-state index in [4.69, 9.17) is 4.18 Å². The van der Waals surface area contributed by atoms with Crippen LogP contribution in [0.3, 0.4) is 0 Å². The first-order valence-corrected chi connectivity index (χ1v) is 7.21. The van der Waals surface area contributed by atoms with Gasteiger partial charge in [-0.15, -0.1) is 0 Å². The Bertz CT molecular complexity index is 646. The van der Waals surface area contributed by atoms with Gasteiger partial charge in [-0.1, -0.05) is 17.7 Å². The number of benzene rings is 2. The maximum absolute atomic E-state index is 12.0. The Labute approximate surface area is 113 Å². The molecule has 2 aromatic rings. The normalized spacial score (nSPS) is 11.1. The summed E-state index contributed by atoms with van der Waals surface area (Å²) >= 11 is 0. The summed E-state index contributed by atoms with van der Waals surface area (Å²) in [7, 11) is -1.98. The van der Waals surface area contributed by atoms with Crippen LogP contribution < -0.4 is 9.50 Å². The maximum Gasteiger partial charge on any atom is 0.339 e. The lowest BCUT2D eigenvalue weighted by molar-refractivity contribution is 0.486. The van der Waals surface area contributed by atoms with E-state index in [9.17, 15) is 8.42 Å². The largest absolute Gasteiger partial charge is 0.388 e. The van der Waals surface area contributed by atoms with E-state index in [2.05, 4.69) is 5.32 Å². The summed E-state index contributed by atoms with van der Waals surface area (Å²) < 4.78 is 29.1. The predicted octanol–water partition coefficient (Wildman–Crippen LogP) is 2.80.